The van der Waals surface area contributed by atoms with E-state index < -0.39 is 0 Å². The van der Waals surface area contributed by atoms with Gasteiger partial charge in [-0.05, 0) is 24.1 Å². The van der Waals surface area contributed by atoms with Crippen LogP contribution in [0.3, 0.4) is 0 Å². The number of carbonyl (C=O) groups excluding carboxylic acids is 1. The number of hydrogen-bond acceptors (Lipinski definition) is 3. The summed E-state index contributed by atoms with van der Waals surface area (Å²) < 4.78 is 0. The largest absolute Gasteiger partial charge is 0.331 e. The zero-order valence-corrected chi connectivity index (χ0v) is 12.9. The van der Waals surface area contributed by atoms with Gasteiger partial charge in [-0.15, -0.1) is 11.3 Å². The zero-order valence-electron chi connectivity index (χ0n) is 11.3. The molecule has 0 spiro atoms. The lowest BCUT2D eigenvalue weighted by Gasteiger charge is -2.06. The summed E-state index contributed by atoms with van der Waals surface area (Å²) in [6, 6.07) is 6.75. The predicted octanol–water partition coefficient (Wildman–Crippen LogP) is 4.24. The van der Waals surface area contributed by atoms with Crippen molar-refractivity contribution < 1.29 is 4.79 Å². The van der Waals surface area contributed by atoms with Gasteiger partial charge in [-0.25, -0.2) is 9.78 Å². The van der Waals surface area contributed by atoms with Crippen LogP contribution in [0.1, 0.15) is 30.5 Å². The fraction of sp³-hybridized carbons (Fsp3) is 0.286. The van der Waals surface area contributed by atoms with Crippen LogP contribution >= 0.6 is 22.9 Å². The molecule has 2 N–H and O–H groups in total. The van der Waals surface area contributed by atoms with E-state index in [4.69, 9.17) is 11.6 Å². The highest BCUT2D eigenvalue weighted by Crippen LogP contribution is 2.18. The van der Waals surface area contributed by atoms with Crippen LogP contribution in [-0.2, 0) is 6.54 Å². The molecule has 0 fully saturated rings. The Morgan fingerprint density at radius 3 is 2.90 bits per heavy atom. The second kappa shape index (κ2) is 6.72. The Hall–Kier alpha value is -1.59. The van der Waals surface area contributed by atoms with Crippen LogP contribution in [0.15, 0.2) is 29.6 Å². The number of carbonyl (C=O) groups is 1. The van der Waals surface area contributed by atoms with E-state index >= 15 is 0 Å². The third-order valence-electron chi connectivity index (χ3n) is 2.64. The van der Waals surface area contributed by atoms with E-state index in [0.29, 0.717) is 23.2 Å². The second-order valence-electron chi connectivity index (χ2n) is 4.64. The van der Waals surface area contributed by atoms with Crippen LogP contribution in [0, 0.1) is 0 Å². The lowest BCUT2D eigenvalue weighted by Crippen LogP contribution is -2.28. The summed E-state index contributed by atoms with van der Waals surface area (Å²) in [6.45, 7) is 4.61. The second-order valence-corrected chi connectivity index (χ2v) is 6.02. The van der Waals surface area contributed by atoms with E-state index in [1.54, 1.807) is 35.6 Å². The lowest BCUT2D eigenvalue weighted by atomic mass is 10.2. The summed E-state index contributed by atoms with van der Waals surface area (Å²) in [5.41, 5.74) is 1.72. The highest BCUT2D eigenvalue weighted by Gasteiger charge is 2.07. The van der Waals surface area contributed by atoms with Gasteiger partial charge in [-0.1, -0.05) is 31.5 Å². The first-order chi connectivity index (χ1) is 9.54. The molecule has 106 valence electrons. The van der Waals surface area contributed by atoms with Crippen LogP contribution in [-0.4, -0.2) is 11.0 Å². The molecule has 2 rings (SSSR count). The van der Waals surface area contributed by atoms with Crippen molar-refractivity contribution >= 4 is 34.7 Å². The molecule has 0 atom stereocenters. The van der Waals surface area contributed by atoms with Crippen molar-refractivity contribution in [1.29, 1.82) is 0 Å². The van der Waals surface area contributed by atoms with Crippen molar-refractivity contribution in [2.75, 3.05) is 5.32 Å². The summed E-state index contributed by atoms with van der Waals surface area (Å²) >= 11 is 7.41. The van der Waals surface area contributed by atoms with E-state index in [2.05, 4.69) is 29.5 Å². The van der Waals surface area contributed by atoms with E-state index in [0.717, 1.165) is 10.7 Å². The number of nitrogens with zero attached hydrogens (tertiary/aromatic N) is 1. The molecule has 0 saturated heterocycles. The van der Waals surface area contributed by atoms with E-state index in [-0.39, 0.29) is 6.03 Å². The number of thiazole rings is 1. The van der Waals surface area contributed by atoms with Gasteiger partial charge in [-0.3, -0.25) is 0 Å². The number of rotatable bonds is 4. The molecule has 20 heavy (non-hydrogen) atoms. The number of anilines is 1. The van der Waals surface area contributed by atoms with Gasteiger partial charge < -0.3 is 10.6 Å². The van der Waals surface area contributed by atoms with Gasteiger partial charge in [0.1, 0.15) is 5.01 Å². The normalized spacial score (nSPS) is 10.6. The highest BCUT2D eigenvalue weighted by molar-refractivity contribution is 7.09. The number of nitrogens with one attached hydrogen (secondary N) is 2. The van der Waals surface area contributed by atoms with Gasteiger partial charge in [0.15, 0.2) is 0 Å². The number of aromatic nitrogens is 1. The summed E-state index contributed by atoms with van der Waals surface area (Å²) in [7, 11) is 0. The van der Waals surface area contributed by atoms with Crippen LogP contribution in [0.5, 0.6) is 0 Å². The Labute approximate surface area is 127 Å². The highest BCUT2D eigenvalue weighted by atomic mass is 35.5. The zero-order chi connectivity index (χ0) is 14.5. The monoisotopic (exact) mass is 309 g/mol. The Balaban J connectivity index is 1.85. The number of benzene rings is 1. The Kier molecular flexibility index (Phi) is 4.98. The smallest absolute Gasteiger partial charge is 0.319 e. The SMILES string of the molecule is CC(C)c1csc(CNC(=O)Nc2cccc(Cl)c2)n1. The van der Waals surface area contributed by atoms with Crippen molar-refractivity contribution in [1.82, 2.24) is 10.3 Å². The molecule has 0 unspecified atom stereocenters. The first kappa shape index (κ1) is 14.8. The van der Waals surface area contributed by atoms with Crippen LogP contribution in [0.25, 0.3) is 0 Å². The fourth-order valence-electron chi connectivity index (χ4n) is 1.57. The van der Waals surface area contributed by atoms with E-state index in [1.165, 1.54) is 0 Å². The third kappa shape index (κ3) is 4.21. The molecule has 0 radical (unpaired) electrons. The minimum atomic E-state index is -0.270. The van der Waals surface area contributed by atoms with Gasteiger partial charge in [0.05, 0.1) is 12.2 Å². The molecule has 0 aliphatic carbocycles. The Morgan fingerprint density at radius 2 is 2.25 bits per heavy atom. The molecular weight excluding hydrogens is 294 g/mol. The molecule has 2 amide bonds. The first-order valence-corrected chi connectivity index (χ1v) is 7.55. The molecule has 1 aromatic carbocycles. The summed E-state index contributed by atoms with van der Waals surface area (Å²) in [6.07, 6.45) is 0. The average molecular weight is 310 g/mol. The van der Waals surface area contributed by atoms with E-state index in [1.807, 2.05) is 5.38 Å². The fourth-order valence-corrected chi connectivity index (χ4v) is 2.65. The van der Waals surface area contributed by atoms with Gasteiger partial charge in [0, 0.05) is 16.1 Å². The van der Waals surface area contributed by atoms with Crippen LogP contribution < -0.4 is 10.6 Å². The minimum Gasteiger partial charge on any atom is -0.331 e. The molecule has 0 saturated carbocycles. The van der Waals surface area contributed by atoms with Crippen molar-refractivity contribution in [3.8, 4) is 0 Å². The Morgan fingerprint density at radius 1 is 1.45 bits per heavy atom. The standard InChI is InChI=1S/C14H16ClN3OS/c1-9(2)12-8-20-13(18-12)7-16-14(19)17-11-5-3-4-10(15)6-11/h3-6,8-9H,7H2,1-2H3,(H2,16,17,19). The van der Waals surface area contributed by atoms with Crippen LogP contribution in [0.4, 0.5) is 10.5 Å². The molecule has 6 heteroatoms. The average Bonchev–Trinajstić information content (AvgIpc) is 2.85. The number of hydrogen-bond donors (Lipinski definition) is 2. The summed E-state index contributed by atoms with van der Waals surface area (Å²) in [4.78, 5) is 16.2. The van der Waals surface area contributed by atoms with Gasteiger partial charge in [0.25, 0.3) is 0 Å². The number of urea groups is 1. The van der Waals surface area contributed by atoms with Crippen molar-refractivity contribution in [2.24, 2.45) is 0 Å². The molecule has 0 aliphatic rings. The molecule has 2 aromatic rings. The minimum absolute atomic E-state index is 0.270. The Bertz CT molecular complexity index is 598. The van der Waals surface area contributed by atoms with E-state index in [9.17, 15) is 4.79 Å². The lowest BCUT2D eigenvalue weighted by molar-refractivity contribution is 0.251. The molecular formula is C14H16ClN3OS. The number of halogens is 1. The predicted molar refractivity (Wildman–Crippen MR) is 83.5 cm³/mol. The number of amides is 2. The summed E-state index contributed by atoms with van der Waals surface area (Å²) in [5.74, 6) is 0.403. The van der Waals surface area contributed by atoms with Crippen molar-refractivity contribution in [3.05, 3.63) is 45.4 Å². The van der Waals surface area contributed by atoms with Gasteiger partial charge >= 0.3 is 6.03 Å². The first-order valence-electron chi connectivity index (χ1n) is 6.29. The summed E-state index contributed by atoms with van der Waals surface area (Å²) in [5, 5.41) is 9.01. The molecule has 0 aliphatic heterocycles. The van der Waals surface area contributed by atoms with Crippen LogP contribution in [0.2, 0.25) is 5.02 Å². The van der Waals surface area contributed by atoms with Gasteiger partial charge in [-0.2, -0.15) is 0 Å². The topological polar surface area (TPSA) is 54.0 Å². The van der Waals surface area contributed by atoms with Crippen molar-refractivity contribution in [3.63, 3.8) is 0 Å². The maximum atomic E-state index is 11.7. The molecule has 1 aromatic heterocycles. The van der Waals surface area contributed by atoms with Crippen molar-refractivity contribution in [2.45, 2.75) is 26.3 Å². The maximum Gasteiger partial charge on any atom is 0.319 e. The molecule has 0 bridgehead atoms. The molecule has 4 nitrogen and oxygen atoms in total. The quantitative estimate of drug-likeness (QED) is 0.887. The third-order valence-corrected chi connectivity index (χ3v) is 3.75. The maximum absolute atomic E-state index is 11.7. The van der Waals surface area contributed by atoms with Gasteiger partial charge in [0.2, 0.25) is 0 Å². The molecule has 1 heterocycles.